The van der Waals surface area contributed by atoms with E-state index in [1.807, 2.05) is 30.3 Å². The molecule has 0 bridgehead atoms. The molecule has 180 valence electrons. The van der Waals surface area contributed by atoms with Crippen LogP contribution in [0.2, 0.25) is 0 Å². The van der Waals surface area contributed by atoms with Crippen LogP contribution in [-0.2, 0) is 9.53 Å². The molecule has 0 N–H and O–H groups in total. The van der Waals surface area contributed by atoms with Crippen molar-refractivity contribution in [2.45, 2.75) is 110 Å². The van der Waals surface area contributed by atoms with E-state index in [9.17, 15) is 4.79 Å². The van der Waals surface area contributed by atoms with Crippen LogP contribution in [0.25, 0.3) is 6.08 Å². The van der Waals surface area contributed by atoms with E-state index in [-0.39, 0.29) is 5.97 Å². The van der Waals surface area contributed by atoms with Crippen LogP contribution in [0.4, 0.5) is 0 Å². The van der Waals surface area contributed by atoms with Crippen molar-refractivity contribution in [2.24, 2.45) is 5.92 Å². The third-order valence-corrected chi connectivity index (χ3v) is 6.26. The quantitative estimate of drug-likeness (QED) is 0.115. The molecule has 2 rings (SSSR count). The predicted octanol–water partition coefficient (Wildman–Crippen LogP) is 8.51. The summed E-state index contributed by atoms with van der Waals surface area (Å²) < 4.78 is 11.1. The van der Waals surface area contributed by atoms with Gasteiger partial charge in [-0.3, -0.25) is 0 Å². The molecule has 0 aliphatic heterocycles. The Morgan fingerprint density at radius 2 is 1.41 bits per heavy atom. The van der Waals surface area contributed by atoms with Gasteiger partial charge in [-0.05, 0) is 42.5 Å². The summed E-state index contributed by atoms with van der Waals surface area (Å²) >= 11 is 0. The molecule has 0 spiro atoms. The zero-order valence-corrected chi connectivity index (χ0v) is 20.5. The van der Waals surface area contributed by atoms with E-state index in [4.69, 9.17) is 9.47 Å². The van der Waals surface area contributed by atoms with Gasteiger partial charge in [0.05, 0.1) is 13.2 Å². The number of carbonyl (C=O) groups excluding carboxylic acids is 1. The molecule has 0 amide bonds. The summed E-state index contributed by atoms with van der Waals surface area (Å²) in [6, 6.07) is 7.89. The molecule has 1 fully saturated rings. The molecular weight excluding hydrogens is 396 g/mol. The van der Waals surface area contributed by atoms with Crippen molar-refractivity contribution in [2.75, 3.05) is 13.2 Å². The molecule has 0 heterocycles. The molecular formula is C29H46O3. The zero-order valence-electron chi connectivity index (χ0n) is 20.5. The highest BCUT2D eigenvalue weighted by Crippen LogP contribution is 2.34. The van der Waals surface area contributed by atoms with E-state index in [0.29, 0.717) is 6.61 Å². The Hall–Kier alpha value is -1.77. The summed E-state index contributed by atoms with van der Waals surface area (Å²) in [5, 5.41) is 0. The first-order valence-electron chi connectivity index (χ1n) is 13.4. The van der Waals surface area contributed by atoms with Crippen LogP contribution in [-0.4, -0.2) is 19.2 Å². The Labute approximate surface area is 197 Å². The second-order valence-electron chi connectivity index (χ2n) is 9.39. The Morgan fingerprint density at radius 1 is 0.812 bits per heavy atom. The molecule has 0 unspecified atom stereocenters. The summed E-state index contributed by atoms with van der Waals surface area (Å²) in [6.45, 7) is 3.54. The van der Waals surface area contributed by atoms with Crippen molar-refractivity contribution in [3.63, 3.8) is 0 Å². The Bertz CT molecular complexity index is 616. The lowest BCUT2D eigenvalue weighted by atomic mass is 10.1. The van der Waals surface area contributed by atoms with Crippen LogP contribution < -0.4 is 4.74 Å². The second kappa shape index (κ2) is 17.7. The van der Waals surface area contributed by atoms with Gasteiger partial charge in [0, 0.05) is 6.08 Å². The van der Waals surface area contributed by atoms with E-state index in [0.717, 1.165) is 43.1 Å². The number of rotatable bonds is 20. The van der Waals surface area contributed by atoms with Crippen molar-refractivity contribution in [1.82, 2.24) is 0 Å². The van der Waals surface area contributed by atoms with Crippen molar-refractivity contribution in [3.8, 4) is 5.75 Å². The van der Waals surface area contributed by atoms with Gasteiger partial charge in [0.15, 0.2) is 0 Å². The molecule has 1 aliphatic rings. The fraction of sp³-hybridized carbons (Fsp3) is 0.690. The van der Waals surface area contributed by atoms with Gasteiger partial charge in [0.2, 0.25) is 0 Å². The number of hydrogen-bond donors (Lipinski definition) is 0. The smallest absolute Gasteiger partial charge is 0.330 e. The first-order valence-corrected chi connectivity index (χ1v) is 13.4. The topological polar surface area (TPSA) is 35.5 Å². The molecule has 0 aromatic heterocycles. The lowest BCUT2D eigenvalue weighted by molar-refractivity contribution is -0.137. The van der Waals surface area contributed by atoms with Gasteiger partial charge < -0.3 is 9.47 Å². The molecule has 3 heteroatoms. The molecule has 1 aliphatic carbocycles. The molecule has 0 atom stereocenters. The SMILES string of the molecule is CCCCCCCCOc1ccc(/C=C/C(=O)OCCCCCCCCCC2CC2)cc1. The average Bonchev–Trinajstić information content (AvgIpc) is 3.63. The molecule has 3 nitrogen and oxygen atoms in total. The first kappa shape index (κ1) is 26.5. The van der Waals surface area contributed by atoms with Crippen LogP contribution in [0.3, 0.4) is 0 Å². The van der Waals surface area contributed by atoms with E-state index >= 15 is 0 Å². The van der Waals surface area contributed by atoms with E-state index in [2.05, 4.69) is 6.92 Å². The largest absolute Gasteiger partial charge is 0.494 e. The van der Waals surface area contributed by atoms with Gasteiger partial charge >= 0.3 is 5.97 Å². The zero-order chi connectivity index (χ0) is 22.7. The summed E-state index contributed by atoms with van der Waals surface area (Å²) in [6.07, 6.45) is 24.2. The monoisotopic (exact) mass is 442 g/mol. The van der Waals surface area contributed by atoms with Crippen molar-refractivity contribution in [3.05, 3.63) is 35.9 Å². The van der Waals surface area contributed by atoms with Crippen LogP contribution >= 0.6 is 0 Å². The fourth-order valence-corrected chi connectivity index (χ4v) is 3.96. The molecule has 1 aromatic carbocycles. The molecule has 32 heavy (non-hydrogen) atoms. The van der Waals surface area contributed by atoms with Crippen LogP contribution in [0.5, 0.6) is 5.75 Å². The number of ether oxygens (including phenoxy) is 2. The lowest BCUT2D eigenvalue weighted by Crippen LogP contribution is -2.02. The van der Waals surface area contributed by atoms with Crippen LogP contribution in [0.1, 0.15) is 115 Å². The molecule has 0 saturated heterocycles. The third kappa shape index (κ3) is 14.3. The maximum Gasteiger partial charge on any atom is 0.330 e. The highest BCUT2D eigenvalue weighted by molar-refractivity contribution is 5.87. The first-order chi connectivity index (χ1) is 15.8. The minimum Gasteiger partial charge on any atom is -0.494 e. The normalized spacial score (nSPS) is 13.5. The number of hydrogen-bond acceptors (Lipinski definition) is 3. The van der Waals surface area contributed by atoms with Gasteiger partial charge in [-0.1, -0.05) is 109 Å². The molecule has 1 aromatic rings. The van der Waals surface area contributed by atoms with Crippen LogP contribution in [0, 0.1) is 5.92 Å². The Morgan fingerprint density at radius 3 is 2.06 bits per heavy atom. The second-order valence-corrected chi connectivity index (χ2v) is 9.39. The number of benzene rings is 1. The van der Waals surface area contributed by atoms with Crippen molar-refractivity contribution < 1.29 is 14.3 Å². The van der Waals surface area contributed by atoms with Crippen molar-refractivity contribution >= 4 is 12.0 Å². The number of carbonyl (C=O) groups is 1. The third-order valence-electron chi connectivity index (χ3n) is 6.26. The summed E-state index contributed by atoms with van der Waals surface area (Å²) in [4.78, 5) is 11.9. The summed E-state index contributed by atoms with van der Waals surface area (Å²) in [7, 11) is 0. The van der Waals surface area contributed by atoms with Gasteiger partial charge in [0.1, 0.15) is 5.75 Å². The fourth-order valence-electron chi connectivity index (χ4n) is 3.96. The van der Waals surface area contributed by atoms with Crippen molar-refractivity contribution in [1.29, 1.82) is 0 Å². The van der Waals surface area contributed by atoms with Gasteiger partial charge in [-0.2, -0.15) is 0 Å². The molecule has 1 saturated carbocycles. The maximum absolute atomic E-state index is 11.9. The lowest BCUT2D eigenvalue weighted by Gasteiger charge is -2.06. The minimum absolute atomic E-state index is 0.256. The maximum atomic E-state index is 11.9. The number of unbranched alkanes of at least 4 members (excludes halogenated alkanes) is 11. The Kier molecular flexibility index (Phi) is 14.7. The van der Waals surface area contributed by atoms with E-state index in [1.54, 1.807) is 0 Å². The summed E-state index contributed by atoms with van der Waals surface area (Å²) in [5.41, 5.74) is 0.982. The van der Waals surface area contributed by atoms with E-state index < -0.39 is 0 Å². The standard InChI is InChI=1S/C29H46O3/c1-2-3-4-5-10-13-24-31-28-21-18-27(19-22-28)20-23-29(30)32-25-14-11-8-6-7-9-12-15-26-16-17-26/h18-23,26H,2-17,24-25H2,1H3/b23-20+. The summed E-state index contributed by atoms with van der Waals surface area (Å²) in [5.74, 6) is 1.71. The van der Waals surface area contributed by atoms with Crippen LogP contribution in [0.15, 0.2) is 30.3 Å². The minimum atomic E-state index is -0.256. The number of esters is 1. The average molecular weight is 443 g/mol. The molecule has 0 radical (unpaired) electrons. The Balaban J connectivity index is 1.43. The van der Waals surface area contributed by atoms with Gasteiger partial charge in [0.25, 0.3) is 0 Å². The van der Waals surface area contributed by atoms with E-state index in [1.165, 1.54) is 89.5 Å². The highest BCUT2D eigenvalue weighted by atomic mass is 16.5. The van der Waals surface area contributed by atoms with Gasteiger partial charge in [-0.15, -0.1) is 0 Å². The predicted molar refractivity (Wildman–Crippen MR) is 135 cm³/mol. The van der Waals surface area contributed by atoms with Gasteiger partial charge in [-0.25, -0.2) is 4.79 Å². The highest BCUT2D eigenvalue weighted by Gasteiger charge is 2.19.